The Labute approximate surface area is 196 Å². The molecule has 0 aliphatic carbocycles. The van der Waals surface area contributed by atoms with Crippen molar-refractivity contribution >= 4 is 22.7 Å². The zero-order chi connectivity index (χ0) is 20.5. The smallest absolute Gasteiger partial charge is 0.400 e. The SMILES string of the molecule is CO.CO.[Ti+2].c1csc([CH-]C2COCCO2)c1.c1csc([CH-]C2COCCO2)c1. The molecule has 2 aliphatic heterocycles. The Morgan fingerprint density at radius 2 is 1.17 bits per heavy atom. The second kappa shape index (κ2) is 19.6. The number of hydrogen-bond acceptors (Lipinski definition) is 8. The summed E-state index contributed by atoms with van der Waals surface area (Å²) in [6, 6.07) is 8.26. The van der Waals surface area contributed by atoms with E-state index in [1.165, 1.54) is 9.75 Å². The Balaban J connectivity index is 0.000000449. The van der Waals surface area contributed by atoms with Crippen LogP contribution in [0.1, 0.15) is 9.75 Å². The number of rotatable bonds is 4. The van der Waals surface area contributed by atoms with Crippen molar-refractivity contribution in [2.24, 2.45) is 0 Å². The van der Waals surface area contributed by atoms with Gasteiger partial charge in [0, 0.05) is 26.4 Å². The molecule has 0 saturated carbocycles. The molecule has 162 valence electrons. The van der Waals surface area contributed by atoms with Gasteiger partial charge < -0.3 is 29.2 Å². The van der Waals surface area contributed by atoms with Gasteiger partial charge in [0.1, 0.15) is 0 Å². The van der Waals surface area contributed by atoms with Gasteiger partial charge in [-0.05, 0) is 10.8 Å². The van der Waals surface area contributed by atoms with E-state index in [-0.39, 0.29) is 33.9 Å². The van der Waals surface area contributed by atoms with Crippen LogP contribution in [-0.2, 0) is 40.7 Å². The first kappa shape index (κ1) is 28.6. The second-order valence-corrected chi connectivity index (χ2v) is 7.29. The molecule has 2 aliphatic rings. The molecule has 2 saturated heterocycles. The van der Waals surface area contributed by atoms with E-state index >= 15 is 0 Å². The number of aliphatic hydroxyl groups excluding tert-OH is 2. The summed E-state index contributed by atoms with van der Waals surface area (Å²) in [5.41, 5.74) is 0. The summed E-state index contributed by atoms with van der Waals surface area (Å²) in [7, 11) is 2.00. The van der Waals surface area contributed by atoms with Gasteiger partial charge >= 0.3 is 21.7 Å². The van der Waals surface area contributed by atoms with E-state index < -0.39 is 0 Å². The Morgan fingerprint density at radius 3 is 1.45 bits per heavy atom. The summed E-state index contributed by atoms with van der Waals surface area (Å²) in [5.74, 6) is 0. The van der Waals surface area contributed by atoms with Crippen molar-refractivity contribution in [3.8, 4) is 0 Å². The van der Waals surface area contributed by atoms with Crippen molar-refractivity contribution in [1.82, 2.24) is 0 Å². The first-order valence-electron chi connectivity index (χ1n) is 8.95. The predicted molar refractivity (Wildman–Crippen MR) is 113 cm³/mol. The van der Waals surface area contributed by atoms with E-state index in [0.717, 1.165) is 27.4 Å². The summed E-state index contributed by atoms with van der Waals surface area (Å²) in [4.78, 5) is 2.51. The number of thiophene rings is 2. The number of aliphatic hydroxyl groups is 2. The van der Waals surface area contributed by atoms with Crippen LogP contribution in [0.15, 0.2) is 35.0 Å². The average Bonchev–Trinajstić information content (AvgIpc) is 3.48. The monoisotopic (exact) mass is 478 g/mol. The number of hydrogen-bond donors (Lipinski definition) is 2. The molecule has 0 spiro atoms. The summed E-state index contributed by atoms with van der Waals surface area (Å²) >= 11 is 3.45. The van der Waals surface area contributed by atoms with Gasteiger partial charge in [0.05, 0.1) is 39.6 Å². The normalized spacial score (nSPS) is 20.1. The zero-order valence-electron chi connectivity index (χ0n) is 16.9. The van der Waals surface area contributed by atoms with Gasteiger partial charge in [-0.3, -0.25) is 0 Å². The van der Waals surface area contributed by atoms with Gasteiger partial charge in [0.15, 0.2) is 0 Å². The van der Waals surface area contributed by atoms with E-state index in [0.29, 0.717) is 26.4 Å². The maximum Gasteiger partial charge on any atom is 2.00 e. The van der Waals surface area contributed by atoms with Crippen molar-refractivity contribution in [2.45, 2.75) is 12.2 Å². The van der Waals surface area contributed by atoms with Crippen LogP contribution in [0.25, 0.3) is 0 Å². The molecule has 6 nitrogen and oxygen atoms in total. The average molecular weight is 478 g/mol. The molecule has 2 fully saturated rings. The van der Waals surface area contributed by atoms with Crippen molar-refractivity contribution < 1.29 is 50.9 Å². The van der Waals surface area contributed by atoms with Gasteiger partial charge in [-0.2, -0.15) is 47.6 Å². The number of ether oxygens (including phenoxy) is 4. The van der Waals surface area contributed by atoms with Gasteiger partial charge in [-0.15, -0.1) is 21.9 Å². The molecule has 2 atom stereocenters. The molecule has 0 radical (unpaired) electrons. The first-order valence-corrected chi connectivity index (χ1v) is 10.7. The predicted octanol–water partition coefficient (Wildman–Crippen LogP) is 2.65. The van der Waals surface area contributed by atoms with E-state index in [2.05, 4.69) is 35.7 Å². The van der Waals surface area contributed by atoms with Crippen LogP contribution in [0.5, 0.6) is 0 Å². The van der Waals surface area contributed by atoms with Crippen LogP contribution in [0.4, 0.5) is 0 Å². The minimum Gasteiger partial charge on any atom is -0.400 e. The largest absolute Gasteiger partial charge is 2.00 e. The molecule has 4 heterocycles. The molecule has 2 aromatic rings. The summed E-state index contributed by atoms with van der Waals surface area (Å²) < 4.78 is 21.5. The Morgan fingerprint density at radius 1 is 0.759 bits per heavy atom. The third-order valence-corrected chi connectivity index (χ3v) is 5.15. The van der Waals surface area contributed by atoms with Gasteiger partial charge in [0.25, 0.3) is 0 Å². The van der Waals surface area contributed by atoms with E-state index in [9.17, 15) is 0 Å². The van der Waals surface area contributed by atoms with Crippen LogP contribution < -0.4 is 0 Å². The van der Waals surface area contributed by atoms with Crippen LogP contribution in [0, 0.1) is 12.8 Å². The fraction of sp³-hybridized carbons (Fsp3) is 0.500. The minimum atomic E-state index is 0. The van der Waals surface area contributed by atoms with E-state index in [1.807, 2.05) is 12.1 Å². The maximum atomic E-state index is 7.00. The summed E-state index contributed by atoms with van der Waals surface area (Å²) in [5, 5.41) is 18.1. The van der Waals surface area contributed by atoms with Crippen molar-refractivity contribution in [1.29, 1.82) is 0 Å². The summed E-state index contributed by atoms with van der Waals surface area (Å²) in [6.07, 6.45) is 4.53. The third kappa shape index (κ3) is 12.8. The molecule has 29 heavy (non-hydrogen) atoms. The van der Waals surface area contributed by atoms with Crippen LogP contribution in [-0.4, -0.2) is 76.3 Å². The third-order valence-electron chi connectivity index (χ3n) is 3.47. The standard InChI is InChI=1S/2C9H11O2S.2CH4O.Ti/c2*1-2-9(12-5-1)6-8-7-10-3-4-11-8;2*1-2;/h2*1-2,5-6,8H,3-4,7H2;2*2H,1H3;/q2*-1;;;+2. The maximum absolute atomic E-state index is 7.00. The quantitative estimate of drug-likeness (QED) is 0.520. The Hall–Kier alpha value is -0.386. The van der Waals surface area contributed by atoms with Crippen molar-refractivity contribution in [2.75, 3.05) is 53.9 Å². The molecular formula is C20H30O6S2Ti. The fourth-order valence-corrected chi connectivity index (χ4v) is 3.75. The molecule has 0 aromatic carbocycles. The molecule has 2 unspecified atom stereocenters. The molecular weight excluding hydrogens is 448 g/mol. The molecule has 9 heteroatoms. The Kier molecular flexibility index (Phi) is 19.3. The van der Waals surface area contributed by atoms with Crippen LogP contribution in [0.3, 0.4) is 0 Å². The van der Waals surface area contributed by atoms with E-state index in [4.69, 9.17) is 29.2 Å². The molecule has 0 amide bonds. The molecule has 2 N–H and O–H groups in total. The van der Waals surface area contributed by atoms with Gasteiger partial charge in [0.2, 0.25) is 0 Å². The van der Waals surface area contributed by atoms with Crippen molar-refractivity contribution in [3.05, 3.63) is 57.6 Å². The second-order valence-electron chi connectivity index (χ2n) is 5.33. The zero-order valence-corrected chi connectivity index (χ0v) is 20.1. The summed E-state index contributed by atoms with van der Waals surface area (Å²) in [6.45, 7) is 4.28. The topological polar surface area (TPSA) is 77.4 Å². The molecule has 0 bridgehead atoms. The van der Waals surface area contributed by atoms with Crippen LogP contribution >= 0.6 is 22.7 Å². The van der Waals surface area contributed by atoms with Crippen molar-refractivity contribution in [3.63, 3.8) is 0 Å². The molecule has 2 aromatic heterocycles. The fourth-order valence-electron chi connectivity index (χ4n) is 2.34. The van der Waals surface area contributed by atoms with Crippen LogP contribution in [0.2, 0.25) is 0 Å². The Bertz CT molecular complexity index is 491. The van der Waals surface area contributed by atoms with Gasteiger partial charge in [-0.25, -0.2) is 0 Å². The molecule has 4 rings (SSSR count). The minimum absolute atomic E-state index is 0. The van der Waals surface area contributed by atoms with E-state index in [1.54, 1.807) is 22.7 Å². The van der Waals surface area contributed by atoms with Gasteiger partial charge in [-0.1, -0.05) is 0 Å². The first-order chi connectivity index (χ1) is 13.9.